The largest absolute Gasteiger partial charge is 0.394 e. The first-order chi connectivity index (χ1) is 8.85. The van der Waals surface area contributed by atoms with Gasteiger partial charge in [0, 0.05) is 12.0 Å². The molecular formula is C15H30N2O2. The number of aliphatic hydroxyl groups excluding tert-OH is 1. The minimum absolute atomic E-state index is 0.00703. The zero-order valence-electron chi connectivity index (χ0n) is 12.7. The zero-order valence-corrected chi connectivity index (χ0v) is 12.7. The third-order valence-corrected chi connectivity index (χ3v) is 4.35. The van der Waals surface area contributed by atoms with Crippen LogP contribution in [0.3, 0.4) is 0 Å². The number of aliphatic hydroxyl groups is 1. The minimum Gasteiger partial charge on any atom is -0.394 e. The van der Waals surface area contributed by atoms with Crippen LogP contribution < -0.4 is 11.1 Å². The minimum atomic E-state index is -0.129. The fourth-order valence-electron chi connectivity index (χ4n) is 3.11. The normalized spacial score (nSPS) is 33.2. The van der Waals surface area contributed by atoms with Gasteiger partial charge in [-0.05, 0) is 37.0 Å². The van der Waals surface area contributed by atoms with E-state index in [0.29, 0.717) is 17.8 Å². The van der Waals surface area contributed by atoms with Crippen LogP contribution in [0.5, 0.6) is 0 Å². The summed E-state index contributed by atoms with van der Waals surface area (Å²) in [7, 11) is 0. The van der Waals surface area contributed by atoms with Gasteiger partial charge in [0.25, 0.3) is 0 Å². The maximum absolute atomic E-state index is 12.3. The monoisotopic (exact) mass is 270 g/mol. The van der Waals surface area contributed by atoms with Crippen molar-refractivity contribution in [2.24, 2.45) is 29.4 Å². The molecule has 0 heterocycles. The van der Waals surface area contributed by atoms with Crippen molar-refractivity contribution in [2.75, 3.05) is 6.61 Å². The average Bonchev–Trinajstić information content (AvgIpc) is 2.32. The van der Waals surface area contributed by atoms with Crippen LogP contribution in [0, 0.1) is 23.7 Å². The summed E-state index contributed by atoms with van der Waals surface area (Å²) in [6.45, 7) is 8.48. The van der Waals surface area contributed by atoms with E-state index >= 15 is 0 Å². The van der Waals surface area contributed by atoms with Crippen LogP contribution >= 0.6 is 0 Å². The lowest BCUT2D eigenvalue weighted by Crippen LogP contribution is -2.48. The maximum Gasteiger partial charge on any atom is 0.223 e. The molecule has 0 saturated heterocycles. The fourth-order valence-corrected chi connectivity index (χ4v) is 3.11. The Morgan fingerprint density at radius 1 is 1.32 bits per heavy atom. The van der Waals surface area contributed by atoms with Crippen molar-refractivity contribution in [1.82, 2.24) is 5.32 Å². The lowest BCUT2D eigenvalue weighted by atomic mass is 9.72. The van der Waals surface area contributed by atoms with Gasteiger partial charge >= 0.3 is 0 Å². The molecule has 4 heteroatoms. The first-order valence-corrected chi connectivity index (χ1v) is 7.51. The molecule has 4 nitrogen and oxygen atoms in total. The third-order valence-electron chi connectivity index (χ3n) is 4.35. The van der Waals surface area contributed by atoms with E-state index in [4.69, 9.17) is 5.73 Å². The summed E-state index contributed by atoms with van der Waals surface area (Å²) in [5, 5.41) is 12.3. The molecule has 1 aliphatic rings. The lowest BCUT2D eigenvalue weighted by Gasteiger charge is -2.36. The molecule has 1 fully saturated rings. The number of rotatable bonds is 5. The molecule has 1 amide bonds. The van der Waals surface area contributed by atoms with E-state index in [9.17, 15) is 9.90 Å². The highest BCUT2D eigenvalue weighted by molar-refractivity contribution is 5.79. The van der Waals surface area contributed by atoms with Crippen LogP contribution in [0.15, 0.2) is 0 Å². The standard InChI is InChI=1S/C15H30N2O2/c1-9(2)5-12(8-18)17-15(19)13-7-14(16)11(4)6-10(13)3/h9-14,18H,5-8,16H2,1-4H3,(H,17,19). The number of amides is 1. The molecule has 1 rings (SSSR count). The van der Waals surface area contributed by atoms with E-state index in [1.165, 1.54) is 0 Å². The number of carbonyl (C=O) groups excluding carboxylic acids is 1. The molecule has 4 N–H and O–H groups in total. The Labute approximate surface area is 117 Å². The number of nitrogens with one attached hydrogen (secondary N) is 1. The molecule has 0 aromatic carbocycles. The molecule has 5 atom stereocenters. The van der Waals surface area contributed by atoms with Gasteiger partial charge in [0.05, 0.1) is 12.6 Å². The molecule has 5 unspecified atom stereocenters. The Balaban J connectivity index is 2.56. The molecule has 0 aliphatic heterocycles. The van der Waals surface area contributed by atoms with Crippen molar-refractivity contribution in [3.63, 3.8) is 0 Å². The molecule has 0 radical (unpaired) electrons. The van der Waals surface area contributed by atoms with Gasteiger partial charge in [-0.1, -0.05) is 27.7 Å². The van der Waals surface area contributed by atoms with Crippen molar-refractivity contribution in [2.45, 2.75) is 59.0 Å². The second-order valence-electron chi connectivity index (χ2n) is 6.71. The number of carbonyl (C=O) groups is 1. The molecule has 0 aromatic heterocycles. The van der Waals surface area contributed by atoms with Crippen molar-refractivity contribution in [1.29, 1.82) is 0 Å². The lowest BCUT2D eigenvalue weighted by molar-refractivity contribution is -0.129. The molecule has 0 spiro atoms. The number of hydrogen-bond acceptors (Lipinski definition) is 3. The van der Waals surface area contributed by atoms with Gasteiger partial charge in [0.1, 0.15) is 0 Å². The van der Waals surface area contributed by atoms with Crippen LogP contribution in [-0.4, -0.2) is 29.7 Å². The quantitative estimate of drug-likeness (QED) is 0.709. The Morgan fingerprint density at radius 3 is 2.47 bits per heavy atom. The Hall–Kier alpha value is -0.610. The van der Waals surface area contributed by atoms with Gasteiger partial charge in [-0.25, -0.2) is 0 Å². The molecule has 112 valence electrons. The molecule has 1 aliphatic carbocycles. The van der Waals surface area contributed by atoms with E-state index in [1.807, 2.05) is 0 Å². The van der Waals surface area contributed by atoms with E-state index in [2.05, 4.69) is 33.0 Å². The van der Waals surface area contributed by atoms with Crippen LogP contribution in [0.4, 0.5) is 0 Å². The van der Waals surface area contributed by atoms with Crippen molar-refractivity contribution < 1.29 is 9.90 Å². The second kappa shape index (κ2) is 7.25. The Bertz CT molecular complexity index is 294. The molecule has 0 aromatic rings. The van der Waals surface area contributed by atoms with E-state index in [1.54, 1.807) is 0 Å². The summed E-state index contributed by atoms with van der Waals surface area (Å²) >= 11 is 0. The summed E-state index contributed by atoms with van der Waals surface area (Å²) in [5.41, 5.74) is 6.08. The highest BCUT2D eigenvalue weighted by Crippen LogP contribution is 2.33. The summed E-state index contributed by atoms with van der Waals surface area (Å²) in [6, 6.07) is -0.0140. The molecule has 19 heavy (non-hydrogen) atoms. The second-order valence-corrected chi connectivity index (χ2v) is 6.71. The maximum atomic E-state index is 12.3. The van der Waals surface area contributed by atoms with E-state index in [-0.39, 0.29) is 30.5 Å². The van der Waals surface area contributed by atoms with Crippen molar-refractivity contribution in [3.05, 3.63) is 0 Å². The van der Waals surface area contributed by atoms with Crippen LogP contribution in [0.2, 0.25) is 0 Å². The topological polar surface area (TPSA) is 75.3 Å². The summed E-state index contributed by atoms with van der Waals surface area (Å²) < 4.78 is 0. The summed E-state index contributed by atoms with van der Waals surface area (Å²) in [6.07, 6.45) is 2.58. The van der Waals surface area contributed by atoms with Gasteiger partial charge < -0.3 is 16.2 Å². The molecular weight excluding hydrogens is 240 g/mol. The highest BCUT2D eigenvalue weighted by Gasteiger charge is 2.35. The molecule has 1 saturated carbocycles. The van der Waals surface area contributed by atoms with Crippen LogP contribution in [0.1, 0.15) is 47.0 Å². The van der Waals surface area contributed by atoms with E-state index < -0.39 is 0 Å². The highest BCUT2D eigenvalue weighted by atomic mass is 16.3. The Kier molecular flexibility index (Phi) is 6.27. The number of hydrogen-bond donors (Lipinski definition) is 3. The summed E-state index contributed by atoms with van der Waals surface area (Å²) in [5.74, 6) is 1.38. The van der Waals surface area contributed by atoms with Gasteiger partial charge in [-0.3, -0.25) is 4.79 Å². The first kappa shape index (κ1) is 16.4. The van der Waals surface area contributed by atoms with Gasteiger partial charge in [0.2, 0.25) is 5.91 Å². The smallest absolute Gasteiger partial charge is 0.223 e. The number of nitrogens with two attached hydrogens (primary N) is 1. The summed E-state index contributed by atoms with van der Waals surface area (Å²) in [4.78, 5) is 12.3. The van der Waals surface area contributed by atoms with Gasteiger partial charge in [0.15, 0.2) is 0 Å². The van der Waals surface area contributed by atoms with Crippen molar-refractivity contribution in [3.8, 4) is 0 Å². The predicted octanol–water partition coefficient (Wildman–Crippen LogP) is 1.52. The van der Waals surface area contributed by atoms with E-state index in [0.717, 1.165) is 19.3 Å². The predicted molar refractivity (Wildman–Crippen MR) is 77.5 cm³/mol. The Morgan fingerprint density at radius 2 is 1.95 bits per heavy atom. The van der Waals surface area contributed by atoms with Crippen LogP contribution in [-0.2, 0) is 4.79 Å². The molecule has 0 bridgehead atoms. The van der Waals surface area contributed by atoms with Gasteiger partial charge in [-0.15, -0.1) is 0 Å². The van der Waals surface area contributed by atoms with Gasteiger partial charge in [-0.2, -0.15) is 0 Å². The third kappa shape index (κ3) is 4.77. The SMILES string of the molecule is CC(C)CC(CO)NC(=O)C1CC(N)C(C)CC1C. The van der Waals surface area contributed by atoms with Crippen LogP contribution in [0.25, 0.3) is 0 Å². The van der Waals surface area contributed by atoms with Crippen molar-refractivity contribution >= 4 is 5.91 Å². The zero-order chi connectivity index (χ0) is 14.6. The first-order valence-electron chi connectivity index (χ1n) is 7.51. The average molecular weight is 270 g/mol. The fraction of sp³-hybridized carbons (Fsp3) is 0.933.